The van der Waals surface area contributed by atoms with Crippen molar-refractivity contribution in [1.29, 1.82) is 0 Å². The average Bonchev–Trinajstić information content (AvgIpc) is 2.94. The van der Waals surface area contributed by atoms with Crippen LogP contribution >= 0.6 is 0 Å². The van der Waals surface area contributed by atoms with Gasteiger partial charge in [0.15, 0.2) is 11.5 Å². The molecular formula is C28H30N4O5S. The molecule has 1 amide bonds. The molecule has 2 aliphatic rings. The molecular weight excluding hydrogens is 504 g/mol. The number of hydrogen-bond acceptors (Lipinski definition) is 7. The molecule has 3 aromatic carbocycles. The number of nitrogens with two attached hydrogens (primary N) is 1. The highest BCUT2D eigenvalue weighted by atomic mass is 32.2. The predicted molar refractivity (Wildman–Crippen MR) is 146 cm³/mol. The number of nitrogens with zero attached hydrogens (tertiary/aromatic N) is 1. The summed E-state index contributed by atoms with van der Waals surface area (Å²) in [4.78, 5) is 17.9. The molecule has 0 spiro atoms. The number of carbonyl (C=O) groups excluding carboxylic acids is 1. The molecule has 1 heterocycles. The molecule has 1 aliphatic heterocycles. The van der Waals surface area contributed by atoms with Crippen molar-refractivity contribution in [3.63, 3.8) is 0 Å². The van der Waals surface area contributed by atoms with Gasteiger partial charge in [0.05, 0.1) is 36.6 Å². The number of primary sulfonamides is 1. The van der Waals surface area contributed by atoms with Gasteiger partial charge in [0, 0.05) is 22.6 Å². The molecule has 1 aliphatic carbocycles. The number of rotatable bonds is 7. The predicted octanol–water partition coefficient (Wildman–Crippen LogP) is 3.99. The number of ether oxygens (including phenoxy) is 2. The number of carbonyl (C=O) groups is 1. The van der Waals surface area contributed by atoms with Gasteiger partial charge in [-0.15, -0.1) is 0 Å². The number of sulfonamides is 1. The molecule has 38 heavy (non-hydrogen) atoms. The molecule has 10 heteroatoms. The maximum Gasteiger partial charge on any atom is 0.269 e. The molecule has 3 aromatic rings. The lowest BCUT2D eigenvalue weighted by atomic mass is 9.75. The molecule has 0 radical (unpaired) electrons. The van der Waals surface area contributed by atoms with Crippen molar-refractivity contribution in [2.24, 2.45) is 10.1 Å². The van der Waals surface area contributed by atoms with E-state index < -0.39 is 10.0 Å². The average molecular weight is 535 g/mol. The van der Waals surface area contributed by atoms with Gasteiger partial charge in [-0.25, -0.2) is 13.6 Å². The maximum absolute atomic E-state index is 12.7. The van der Waals surface area contributed by atoms with Crippen LogP contribution in [-0.2, 0) is 10.0 Å². The minimum Gasteiger partial charge on any atom is -0.493 e. The van der Waals surface area contributed by atoms with Crippen molar-refractivity contribution in [3.05, 3.63) is 82.9 Å². The van der Waals surface area contributed by atoms with Crippen molar-refractivity contribution < 1.29 is 22.7 Å². The van der Waals surface area contributed by atoms with E-state index in [0.717, 1.165) is 41.9 Å². The van der Waals surface area contributed by atoms with Crippen LogP contribution in [0.1, 0.15) is 58.6 Å². The first kappa shape index (κ1) is 25.7. The summed E-state index contributed by atoms with van der Waals surface area (Å²) in [5, 5.41) is 5.12. The fourth-order valence-electron chi connectivity index (χ4n) is 5.21. The minimum absolute atomic E-state index is 0.00669. The largest absolute Gasteiger partial charge is 0.493 e. The highest BCUT2D eigenvalue weighted by Crippen LogP contribution is 2.44. The summed E-state index contributed by atoms with van der Waals surface area (Å²) >= 11 is 0. The number of anilines is 1. The van der Waals surface area contributed by atoms with Gasteiger partial charge in [0.25, 0.3) is 5.91 Å². The lowest BCUT2D eigenvalue weighted by Crippen LogP contribution is -2.30. The second kappa shape index (κ2) is 10.5. The van der Waals surface area contributed by atoms with Crippen LogP contribution in [0.25, 0.3) is 0 Å². The van der Waals surface area contributed by atoms with E-state index in [1.54, 1.807) is 26.4 Å². The Morgan fingerprint density at radius 2 is 1.61 bits per heavy atom. The number of hydrazine groups is 1. The van der Waals surface area contributed by atoms with E-state index in [0.29, 0.717) is 22.9 Å². The van der Waals surface area contributed by atoms with Crippen LogP contribution in [-0.4, -0.2) is 40.3 Å². The molecule has 0 unspecified atom stereocenters. The lowest BCUT2D eigenvalue weighted by Gasteiger charge is -2.35. The van der Waals surface area contributed by atoms with E-state index in [9.17, 15) is 13.2 Å². The first-order valence-corrected chi connectivity index (χ1v) is 14.0. The molecule has 198 valence electrons. The summed E-state index contributed by atoms with van der Waals surface area (Å²) < 4.78 is 34.0. The Morgan fingerprint density at radius 3 is 2.26 bits per heavy atom. The van der Waals surface area contributed by atoms with Gasteiger partial charge < -0.3 is 9.47 Å². The van der Waals surface area contributed by atoms with Crippen molar-refractivity contribution in [1.82, 2.24) is 5.43 Å². The van der Waals surface area contributed by atoms with Crippen molar-refractivity contribution in [3.8, 4) is 11.5 Å². The lowest BCUT2D eigenvalue weighted by molar-refractivity contribution is 0.0962. The third-order valence-corrected chi connectivity index (χ3v) is 8.09. The highest BCUT2D eigenvalue weighted by molar-refractivity contribution is 7.89. The standard InChI is InChI=1S/C28H30N4O5S/c1-36-25-15-22-21-5-3-4-6-24(21)30-27(23(22)16-26(25)37-2)17-7-9-18(10-8-17)28(33)32-31-19-11-13-20(14-12-19)38(29,34)35/h7-16,21,24,31H,3-6H2,1-2H3,(H,32,33)(H2,29,34,35)/t21-,24-/m1/s1. The second-order valence-corrected chi connectivity index (χ2v) is 11.0. The normalized spacial score (nSPS) is 18.4. The number of benzene rings is 3. The zero-order chi connectivity index (χ0) is 26.9. The summed E-state index contributed by atoms with van der Waals surface area (Å²) in [6.45, 7) is 0. The van der Waals surface area contributed by atoms with Crippen LogP contribution in [0.3, 0.4) is 0 Å². The van der Waals surface area contributed by atoms with Crippen LogP contribution in [0, 0.1) is 0 Å². The number of amides is 1. The summed E-state index contributed by atoms with van der Waals surface area (Å²) in [6.07, 6.45) is 4.50. The number of methoxy groups -OCH3 is 2. The Labute approximate surface area is 222 Å². The minimum atomic E-state index is -3.78. The third kappa shape index (κ3) is 5.09. The number of nitrogens with one attached hydrogen (secondary N) is 2. The highest BCUT2D eigenvalue weighted by Gasteiger charge is 2.34. The first-order chi connectivity index (χ1) is 18.3. The number of fused-ring (bicyclic) bond motifs is 3. The van der Waals surface area contributed by atoms with Gasteiger partial charge in [-0.3, -0.25) is 20.6 Å². The maximum atomic E-state index is 12.7. The Kier molecular flexibility index (Phi) is 7.09. The van der Waals surface area contributed by atoms with Crippen LogP contribution in [0.5, 0.6) is 11.5 Å². The molecule has 1 saturated carbocycles. The molecule has 4 N–H and O–H groups in total. The van der Waals surface area contributed by atoms with Crippen molar-refractivity contribution in [2.45, 2.75) is 42.5 Å². The zero-order valence-corrected chi connectivity index (χ0v) is 22.0. The van der Waals surface area contributed by atoms with Crippen LogP contribution < -0.4 is 25.5 Å². The van der Waals surface area contributed by atoms with E-state index in [2.05, 4.69) is 16.9 Å². The summed E-state index contributed by atoms with van der Waals surface area (Å²) in [5.41, 5.74) is 10.5. The van der Waals surface area contributed by atoms with Gasteiger partial charge in [0.2, 0.25) is 10.0 Å². The zero-order valence-electron chi connectivity index (χ0n) is 21.2. The number of aliphatic imine (C=N–C) groups is 1. The van der Waals surface area contributed by atoms with Crippen LogP contribution in [0.2, 0.25) is 0 Å². The molecule has 1 fully saturated rings. The smallest absolute Gasteiger partial charge is 0.269 e. The number of hydrogen-bond donors (Lipinski definition) is 3. The Bertz CT molecular complexity index is 1480. The molecule has 0 bridgehead atoms. The summed E-state index contributed by atoms with van der Waals surface area (Å²) in [7, 11) is -0.499. The Morgan fingerprint density at radius 1 is 0.947 bits per heavy atom. The van der Waals surface area contributed by atoms with Gasteiger partial charge >= 0.3 is 0 Å². The molecule has 2 atom stereocenters. The van der Waals surface area contributed by atoms with Gasteiger partial charge in [-0.1, -0.05) is 25.0 Å². The van der Waals surface area contributed by atoms with E-state index in [4.69, 9.17) is 19.6 Å². The van der Waals surface area contributed by atoms with Crippen molar-refractivity contribution >= 4 is 27.3 Å². The van der Waals surface area contributed by atoms with Crippen molar-refractivity contribution in [2.75, 3.05) is 19.6 Å². The van der Waals surface area contributed by atoms with Crippen LogP contribution in [0.15, 0.2) is 70.6 Å². The van der Waals surface area contributed by atoms with Gasteiger partial charge in [-0.2, -0.15) is 0 Å². The topological polar surface area (TPSA) is 132 Å². The molecule has 0 aromatic heterocycles. The van der Waals surface area contributed by atoms with E-state index in [1.807, 2.05) is 18.2 Å². The monoisotopic (exact) mass is 534 g/mol. The quantitative estimate of drug-likeness (QED) is 0.393. The van der Waals surface area contributed by atoms with Gasteiger partial charge in [0.1, 0.15) is 0 Å². The fourth-order valence-corrected chi connectivity index (χ4v) is 5.72. The Balaban J connectivity index is 1.37. The molecule has 9 nitrogen and oxygen atoms in total. The third-order valence-electron chi connectivity index (χ3n) is 7.16. The van der Waals surface area contributed by atoms with E-state index in [-0.39, 0.29) is 16.8 Å². The Hall–Kier alpha value is -3.89. The second-order valence-electron chi connectivity index (χ2n) is 9.46. The molecule has 0 saturated heterocycles. The van der Waals surface area contributed by atoms with E-state index in [1.165, 1.54) is 36.2 Å². The summed E-state index contributed by atoms with van der Waals surface area (Å²) in [5.74, 6) is 1.40. The molecule has 5 rings (SSSR count). The first-order valence-electron chi connectivity index (χ1n) is 12.4. The van der Waals surface area contributed by atoms with Crippen LogP contribution in [0.4, 0.5) is 5.69 Å². The van der Waals surface area contributed by atoms with Gasteiger partial charge in [-0.05, 0) is 66.9 Å². The summed E-state index contributed by atoms with van der Waals surface area (Å²) in [6, 6.07) is 17.4. The fraction of sp³-hybridized carbons (Fsp3) is 0.286. The SMILES string of the molecule is COc1cc2c(cc1OC)[C@H]1CCCC[C@H]1N=C2c1ccc(C(=O)NNc2ccc(S(N)(=O)=O)cc2)cc1. The van der Waals surface area contributed by atoms with E-state index >= 15 is 0 Å².